The molecule has 3 aliphatic rings. The summed E-state index contributed by atoms with van der Waals surface area (Å²) >= 11 is 0. The van der Waals surface area contributed by atoms with Crippen LogP contribution in [0.3, 0.4) is 0 Å². The molecule has 0 amide bonds. The van der Waals surface area contributed by atoms with Crippen molar-refractivity contribution in [1.82, 2.24) is 14.9 Å². The Morgan fingerprint density at radius 1 is 1.13 bits per heavy atom. The number of fused-ring (bicyclic) bond motifs is 1. The van der Waals surface area contributed by atoms with E-state index in [9.17, 15) is 0 Å². The van der Waals surface area contributed by atoms with Gasteiger partial charge in [-0.05, 0) is 50.5 Å². The van der Waals surface area contributed by atoms with Gasteiger partial charge >= 0.3 is 0 Å². The molecule has 4 nitrogen and oxygen atoms in total. The Hall–Kier alpha value is -1.26. The van der Waals surface area contributed by atoms with Gasteiger partial charge in [0.25, 0.3) is 0 Å². The maximum absolute atomic E-state index is 6.28. The van der Waals surface area contributed by atoms with Crippen LogP contribution in [0.15, 0.2) is 24.4 Å². The Morgan fingerprint density at radius 2 is 1.87 bits per heavy atom. The zero-order chi connectivity index (χ0) is 15.6. The molecule has 1 aliphatic carbocycles. The van der Waals surface area contributed by atoms with Gasteiger partial charge in [-0.25, -0.2) is 9.97 Å². The zero-order valence-corrected chi connectivity index (χ0v) is 14.0. The van der Waals surface area contributed by atoms with Gasteiger partial charge in [-0.15, -0.1) is 0 Å². The molecular formula is C19H27N3O. The molecule has 0 bridgehead atoms. The fourth-order valence-electron chi connectivity index (χ4n) is 4.42. The highest BCUT2D eigenvalue weighted by Gasteiger charge is 2.35. The second kappa shape index (κ2) is 6.70. The molecule has 0 N–H and O–H groups in total. The number of rotatable bonds is 4. The first-order valence-corrected chi connectivity index (χ1v) is 9.07. The maximum atomic E-state index is 6.28. The summed E-state index contributed by atoms with van der Waals surface area (Å²) in [5.41, 5.74) is 1.04. The lowest BCUT2D eigenvalue weighted by Crippen LogP contribution is -2.31. The van der Waals surface area contributed by atoms with Crippen LogP contribution >= 0.6 is 0 Å². The van der Waals surface area contributed by atoms with Gasteiger partial charge in [0.15, 0.2) is 0 Å². The second-order valence-electron chi connectivity index (χ2n) is 7.46. The molecule has 0 spiro atoms. The molecule has 4 heteroatoms. The number of allylic oxidation sites excluding steroid dienone is 2. The van der Waals surface area contributed by atoms with E-state index in [0.717, 1.165) is 42.7 Å². The number of hydrogen-bond acceptors (Lipinski definition) is 4. The molecule has 0 unspecified atom stereocenters. The van der Waals surface area contributed by atoms with Crippen molar-refractivity contribution in [3.05, 3.63) is 35.9 Å². The maximum Gasteiger partial charge on any atom is 0.131 e. The van der Waals surface area contributed by atoms with Gasteiger partial charge in [-0.2, -0.15) is 0 Å². The first-order valence-electron chi connectivity index (χ1n) is 9.07. The first-order chi connectivity index (χ1) is 11.3. The standard InChI is InChI=1S/C19H27N3O/c1-14-8-9-20-19(21-14)10-17-6-7-18(23-17)13-22-11-15-4-2-3-5-16(15)12-22/h2-3,8-9,15-18H,4-7,10-13H2,1H3/t15-,16+,17-,18+/m0/s1. The average molecular weight is 313 g/mol. The Bertz CT molecular complexity index is 557. The van der Waals surface area contributed by atoms with Gasteiger partial charge in [0.05, 0.1) is 12.2 Å². The predicted molar refractivity (Wildman–Crippen MR) is 90.2 cm³/mol. The van der Waals surface area contributed by atoms with Crippen LogP contribution in [0.4, 0.5) is 0 Å². The van der Waals surface area contributed by atoms with Crippen LogP contribution < -0.4 is 0 Å². The fraction of sp³-hybridized carbons (Fsp3) is 0.684. The number of aryl methyl sites for hydroxylation is 1. The molecule has 3 heterocycles. The predicted octanol–water partition coefficient (Wildman–Crippen LogP) is 2.77. The third kappa shape index (κ3) is 3.64. The Labute approximate surface area is 139 Å². The van der Waals surface area contributed by atoms with Crippen LogP contribution in [0.25, 0.3) is 0 Å². The largest absolute Gasteiger partial charge is 0.373 e. The molecule has 23 heavy (non-hydrogen) atoms. The van der Waals surface area contributed by atoms with Gasteiger partial charge in [0.2, 0.25) is 0 Å². The summed E-state index contributed by atoms with van der Waals surface area (Å²) in [6.07, 6.45) is 13.0. The molecule has 124 valence electrons. The highest BCUT2D eigenvalue weighted by atomic mass is 16.5. The number of likely N-dealkylation sites (tertiary alicyclic amines) is 1. The van der Waals surface area contributed by atoms with E-state index < -0.39 is 0 Å². The van der Waals surface area contributed by atoms with Crippen molar-refractivity contribution in [1.29, 1.82) is 0 Å². The summed E-state index contributed by atoms with van der Waals surface area (Å²) in [7, 11) is 0. The molecule has 4 atom stereocenters. The lowest BCUT2D eigenvalue weighted by atomic mass is 9.86. The van der Waals surface area contributed by atoms with Crippen LogP contribution in [0, 0.1) is 18.8 Å². The SMILES string of the molecule is Cc1ccnc(C[C@@H]2CC[C@H](CN3C[C@H]4CC=CC[C@H]4C3)O2)n1. The lowest BCUT2D eigenvalue weighted by Gasteiger charge is -2.21. The minimum atomic E-state index is 0.299. The van der Waals surface area contributed by atoms with E-state index in [4.69, 9.17) is 4.74 Å². The molecule has 2 saturated heterocycles. The third-order valence-electron chi connectivity index (χ3n) is 5.61. The highest BCUT2D eigenvalue weighted by Crippen LogP contribution is 2.33. The molecule has 2 fully saturated rings. The Balaban J connectivity index is 1.26. The van der Waals surface area contributed by atoms with E-state index >= 15 is 0 Å². The van der Waals surface area contributed by atoms with Gasteiger partial charge in [0, 0.05) is 37.9 Å². The van der Waals surface area contributed by atoms with Crippen molar-refractivity contribution in [3.8, 4) is 0 Å². The molecule has 4 rings (SSSR count). The molecule has 0 radical (unpaired) electrons. The molecule has 1 aromatic rings. The average Bonchev–Trinajstić information content (AvgIpc) is 3.13. The van der Waals surface area contributed by atoms with Crippen LogP contribution in [-0.4, -0.2) is 46.7 Å². The molecular weight excluding hydrogens is 286 g/mol. The van der Waals surface area contributed by atoms with Crippen LogP contribution in [0.5, 0.6) is 0 Å². The van der Waals surface area contributed by atoms with Crippen LogP contribution in [-0.2, 0) is 11.2 Å². The molecule has 1 aromatic heterocycles. The second-order valence-corrected chi connectivity index (χ2v) is 7.46. The van der Waals surface area contributed by atoms with E-state index in [1.807, 2.05) is 19.2 Å². The molecule has 2 aliphatic heterocycles. The minimum Gasteiger partial charge on any atom is -0.373 e. The van der Waals surface area contributed by atoms with Crippen molar-refractivity contribution in [2.45, 2.75) is 51.2 Å². The monoisotopic (exact) mass is 313 g/mol. The third-order valence-corrected chi connectivity index (χ3v) is 5.61. The van der Waals surface area contributed by atoms with Crippen molar-refractivity contribution in [2.24, 2.45) is 11.8 Å². The highest BCUT2D eigenvalue weighted by molar-refractivity contribution is 5.02. The zero-order valence-electron chi connectivity index (χ0n) is 14.0. The lowest BCUT2D eigenvalue weighted by molar-refractivity contribution is 0.0257. The summed E-state index contributed by atoms with van der Waals surface area (Å²) in [5.74, 6) is 2.70. The number of hydrogen-bond donors (Lipinski definition) is 0. The van der Waals surface area contributed by atoms with E-state index in [2.05, 4.69) is 27.0 Å². The van der Waals surface area contributed by atoms with Gasteiger partial charge < -0.3 is 9.64 Å². The summed E-state index contributed by atoms with van der Waals surface area (Å²) < 4.78 is 6.28. The van der Waals surface area contributed by atoms with Gasteiger partial charge in [-0.1, -0.05) is 12.2 Å². The minimum absolute atomic E-state index is 0.299. The normalized spacial score (nSPS) is 34.0. The van der Waals surface area contributed by atoms with Crippen molar-refractivity contribution < 1.29 is 4.74 Å². The van der Waals surface area contributed by atoms with Crippen molar-refractivity contribution >= 4 is 0 Å². The van der Waals surface area contributed by atoms with Crippen LogP contribution in [0.1, 0.15) is 37.2 Å². The summed E-state index contributed by atoms with van der Waals surface area (Å²) in [6, 6.07) is 1.95. The van der Waals surface area contributed by atoms with Crippen LogP contribution in [0.2, 0.25) is 0 Å². The van der Waals surface area contributed by atoms with E-state index in [1.54, 1.807) is 0 Å². The van der Waals surface area contributed by atoms with Gasteiger partial charge in [0.1, 0.15) is 5.82 Å². The number of nitrogens with zero attached hydrogens (tertiary/aromatic N) is 3. The Kier molecular flexibility index (Phi) is 4.45. The topological polar surface area (TPSA) is 38.2 Å². The van der Waals surface area contributed by atoms with E-state index in [1.165, 1.54) is 32.4 Å². The summed E-state index contributed by atoms with van der Waals surface area (Å²) in [5, 5.41) is 0. The Morgan fingerprint density at radius 3 is 2.61 bits per heavy atom. The fourth-order valence-corrected chi connectivity index (χ4v) is 4.42. The quantitative estimate of drug-likeness (QED) is 0.801. The first kappa shape index (κ1) is 15.3. The summed E-state index contributed by atoms with van der Waals surface area (Å²) in [6.45, 7) is 5.66. The number of aromatic nitrogens is 2. The molecule has 0 aromatic carbocycles. The summed E-state index contributed by atoms with van der Waals surface area (Å²) in [4.78, 5) is 11.5. The smallest absolute Gasteiger partial charge is 0.131 e. The van der Waals surface area contributed by atoms with Gasteiger partial charge in [-0.3, -0.25) is 0 Å². The van der Waals surface area contributed by atoms with Crippen molar-refractivity contribution in [3.63, 3.8) is 0 Å². The van der Waals surface area contributed by atoms with Crippen molar-refractivity contribution in [2.75, 3.05) is 19.6 Å². The van der Waals surface area contributed by atoms with E-state index in [0.29, 0.717) is 12.2 Å². The molecule has 0 saturated carbocycles. The number of ether oxygens (including phenoxy) is 1. The van der Waals surface area contributed by atoms with E-state index in [-0.39, 0.29) is 0 Å².